The van der Waals surface area contributed by atoms with Gasteiger partial charge < -0.3 is 39.9 Å². The van der Waals surface area contributed by atoms with E-state index in [9.17, 15) is 19.2 Å². The molecule has 406 valence electrons. The third-order valence-corrected chi connectivity index (χ3v) is 19.1. The lowest BCUT2D eigenvalue weighted by Crippen LogP contribution is -2.52. The number of imidazole rings is 2. The lowest BCUT2D eigenvalue weighted by Gasteiger charge is -2.36. The van der Waals surface area contributed by atoms with E-state index in [-0.39, 0.29) is 41.9 Å². The van der Waals surface area contributed by atoms with Crippen molar-refractivity contribution in [1.82, 2.24) is 40.4 Å². The zero-order chi connectivity index (χ0) is 53.3. The number of carbonyl (C=O) groups excluding carboxylic acids is 4. The van der Waals surface area contributed by atoms with Crippen LogP contribution in [0.2, 0.25) is 0 Å². The van der Waals surface area contributed by atoms with Crippen LogP contribution in [0.15, 0.2) is 72.8 Å². The van der Waals surface area contributed by atoms with E-state index in [1.807, 2.05) is 12.5 Å². The minimum atomic E-state index is -0.667. The van der Waals surface area contributed by atoms with Gasteiger partial charge in [0.05, 0.1) is 48.4 Å². The van der Waals surface area contributed by atoms with Crippen molar-refractivity contribution in [1.29, 1.82) is 0 Å². The minimum Gasteiger partial charge on any atom is -0.453 e. The summed E-state index contributed by atoms with van der Waals surface area (Å²) in [6, 6.07) is 25.7. The first-order chi connectivity index (χ1) is 37.5. The number of thioether (sulfide) groups is 2. The number of likely N-dealkylation sites (tertiary alicyclic amines) is 2. The molecule has 4 bridgehead atoms. The predicted molar refractivity (Wildman–Crippen MR) is 307 cm³/mol. The molecule has 14 nitrogen and oxygen atoms in total. The zero-order valence-electron chi connectivity index (χ0n) is 45.2. The Morgan fingerprint density at radius 2 is 1.14 bits per heavy atom. The molecule has 0 radical (unpaired) electrons. The highest BCUT2D eigenvalue weighted by Crippen LogP contribution is 2.48. The lowest BCUT2D eigenvalue weighted by molar-refractivity contribution is -0.138. The summed E-state index contributed by atoms with van der Waals surface area (Å²) in [7, 11) is 2.68. The van der Waals surface area contributed by atoms with Gasteiger partial charge in [0.15, 0.2) is 0 Å². The molecule has 4 amide bonds. The highest BCUT2D eigenvalue weighted by molar-refractivity contribution is 7.98. The average molecular weight is 1080 g/mol. The molecule has 16 heteroatoms. The van der Waals surface area contributed by atoms with Crippen molar-refractivity contribution in [3.63, 3.8) is 0 Å². The fourth-order valence-electron chi connectivity index (χ4n) is 13.8. The van der Waals surface area contributed by atoms with Gasteiger partial charge in [0.1, 0.15) is 23.7 Å². The fourth-order valence-corrected chi connectivity index (χ4v) is 14.8. The number of ether oxygens (including phenoxy) is 2. The van der Waals surface area contributed by atoms with Gasteiger partial charge in [-0.25, -0.2) is 19.6 Å². The summed E-state index contributed by atoms with van der Waals surface area (Å²) in [5.74, 6) is 4.02. The van der Waals surface area contributed by atoms with Gasteiger partial charge in [-0.3, -0.25) is 9.59 Å². The number of aryl methyl sites for hydroxylation is 2. The molecule has 6 aliphatic carbocycles. The van der Waals surface area contributed by atoms with E-state index < -0.39 is 24.3 Å². The van der Waals surface area contributed by atoms with Crippen LogP contribution in [0, 0.1) is 11.8 Å². The number of carbonyl (C=O) groups is 4. The van der Waals surface area contributed by atoms with Gasteiger partial charge in [0.2, 0.25) is 11.8 Å². The second-order valence-electron chi connectivity index (χ2n) is 22.4. The summed E-state index contributed by atoms with van der Waals surface area (Å²) >= 11 is 3.32. The van der Waals surface area contributed by atoms with Crippen molar-refractivity contribution >= 4 is 69.6 Å². The first-order valence-electron chi connectivity index (χ1n) is 28.1. The summed E-state index contributed by atoms with van der Waals surface area (Å²) in [4.78, 5) is 76.2. The largest absolute Gasteiger partial charge is 0.453 e. The van der Waals surface area contributed by atoms with Crippen molar-refractivity contribution < 1.29 is 28.7 Å². The summed E-state index contributed by atoms with van der Waals surface area (Å²) in [5, 5.41) is 5.73. The van der Waals surface area contributed by atoms with Crippen molar-refractivity contribution in [2.45, 2.75) is 145 Å². The van der Waals surface area contributed by atoms with Crippen LogP contribution >= 0.6 is 23.5 Å². The monoisotopic (exact) mass is 1080 g/mol. The molecular formula is C61H74N8O6S2. The molecule has 9 atom stereocenters. The van der Waals surface area contributed by atoms with Gasteiger partial charge in [0, 0.05) is 12.1 Å². The van der Waals surface area contributed by atoms with Crippen LogP contribution < -0.4 is 10.6 Å². The molecule has 2 aromatic heterocycles. The number of aromatic amines is 2. The maximum absolute atomic E-state index is 14.6. The number of aromatic nitrogens is 4. The minimum absolute atomic E-state index is 0.0501. The maximum Gasteiger partial charge on any atom is 0.407 e. The van der Waals surface area contributed by atoms with Gasteiger partial charge in [0.25, 0.3) is 0 Å². The van der Waals surface area contributed by atoms with E-state index in [0.717, 1.165) is 127 Å². The number of methoxy groups -OCH3 is 2. The summed E-state index contributed by atoms with van der Waals surface area (Å²) < 4.78 is 9.93. The zero-order valence-corrected chi connectivity index (χ0v) is 46.8. The Kier molecular flexibility index (Phi) is 15.9. The molecule has 0 unspecified atom stereocenters. The number of hydrogen-bond acceptors (Lipinski definition) is 10. The molecular weight excluding hydrogens is 1000 g/mol. The van der Waals surface area contributed by atoms with Crippen LogP contribution in [-0.4, -0.2) is 116 Å². The molecule has 77 heavy (non-hydrogen) atoms. The van der Waals surface area contributed by atoms with Gasteiger partial charge in [-0.15, -0.1) is 0 Å². The highest BCUT2D eigenvalue weighted by atomic mass is 32.2. The van der Waals surface area contributed by atoms with Crippen LogP contribution in [0.25, 0.3) is 44.3 Å². The highest BCUT2D eigenvalue weighted by Gasteiger charge is 2.49. The molecule has 2 saturated heterocycles. The van der Waals surface area contributed by atoms with Gasteiger partial charge in [-0.2, -0.15) is 23.5 Å². The molecule has 8 aliphatic rings. The number of alkyl carbamates (subject to hydrolysis) is 2. The lowest BCUT2D eigenvalue weighted by atomic mass is 9.84. The number of nitrogens with one attached hydrogen (secondary N) is 4. The van der Waals surface area contributed by atoms with Crippen molar-refractivity contribution in [3.8, 4) is 22.3 Å². The van der Waals surface area contributed by atoms with E-state index in [0.29, 0.717) is 24.7 Å². The van der Waals surface area contributed by atoms with Crippen LogP contribution in [0.1, 0.15) is 136 Å². The second kappa shape index (κ2) is 23.1. The van der Waals surface area contributed by atoms with Gasteiger partial charge in [-0.05, 0) is 181 Å². The number of H-pyrrole nitrogens is 2. The Bertz CT molecular complexity index is 3160. The normalized spacial score (nSPS) is 23.7. The molecule has 4 heterocycles. The Morgan fingerprint density at radius 1 is 0.636 bits per heavy atom. The van der Waals surface area contributed by atoms with Crippen LogP contribution in [0.3, 0.4) is 0 Å². The molecule has 6 aromatic rings. The summed E-state index contributed by atoms with van der Waals surface area (Å²) in [5.41, 5.74) is 13.5. The Labute approximate surface area is 460 Å². The number of amides is 4. The molecule has 2 saturated carbocycles. The van der Waals surface area contributed by atoms with E-state index in [4.69, 9.17) is 19.4 Å². The van der Waals surface area contributed by atoms with E-state index in [1.54, 1.807) is 23.5 Å². The Hall–Kier alpha value is -6.00. The molecule has 14 rings (SSSR count). The van der Waals surface area contributed by atoms with Crippen LogP contribution in [0.5, 0.6) is 0 Å². The maximum atomic E-state index is 14.6. The Balaban J connectivity index is 0.855. The summed E-state index contributed by atoms with van der Waals surface area (Å²) in [6.45, 7) is 2.33. The number of fused-ring (bicyclic) bond motifs is 4. The van der Waals surface area contributed by atoms with Gasteiger partial charge in [-0.1, -0.05) is 81.1 Å². The first kappa shape index (κ1) is 53.0. The quantitative estimate of drug-likeness (QED) is 0.0822. The SMILES string of the molecule is COC(=O)N[C@@H](CCSC)C(=O)N1[C@H](c2nc3cc(-c4cc5ccc4CCc4ccc(c(-c6ccc7[nH]c([C@@H]8C[C@@H]9CCCC[C@@H]9N8C(=O)[C@H](CCSC)NC(=O)OC)nc7c6)c4)C[C@H]5C)ccc3[nH]2)C[C@@H]2CCCC[C@@H]21. The first-order valence-corrected chi connectivity index (χ1v) is 30.9. The molecule has 4 N–H and O–H groups in total. The van der Waals surface area contributed by atoms with Gasteiger partial charge >= 0.3 is 12.2 Å². The number of benzene rings is 4. The average Bonchev–Trinajstić information content (AvgIpc) is 4.26. The third-order valence-electron chi connectivity index (χ3n) is 17.8. The predicted octanol–water partition coefficient (Wildman–Crippen LogP) is 11.8. The van der Waals surface area contributed by atoms with Crippen LogP contribution in [0.4, 0.5) is 9.59 Å². The molecule has 0 spiro atoms. The third kappa shape index (κ3) is 10.8. The van der Waals surface area contributed by atoms with Crippen molar-refractivity contribution in [2.24, 2.45) is 11.8 Å². The standard InChI is InChI=1S/C61H74N8O6S2/c1-35-28-39-17-15-36(29-44(39)40-20-22-46-50(31-40)64-56(62-46)54-33-42-10-6-8-12-52(42)68(54)58(70)48(24-26-76-4)66-60(72)74-2)14-16-37-18-19-38(35)30-45(37)41-21-23-47-51(32-41)65-57(63-47)55-34-43-11-7-9-13-53(43)69(55)59(71)49(25-27-77-5)67-61(73)75-3/h15,17-23,29-32,35,42-43,48-49,52-55H,6-14,16,24-28,33-34H2,1-5H3,(H,62,64)(H,63,65)(H,66,72)(H,67,73)/t35-,42+,43+,48+,49+,52+,53+,54+,55+/m1/s1. The van der Waals surface area contributed by atoms with E-state index in [1.165, 1.54) is 60.4 Å². The molecule has 4 aromatic carbocycles. The van der Waals surface area contributed by atoms with Crippen molar-refractivity contribution in [3.05, 3.63) is 107 Å². The van der Waals surface area contributed by atoms with Crippen molar-refractivity contribution in [2.75, 3.05) is 38.2 Å². The van der Waals surface area contributed by atoms with E-state index in [2.05, 4.69) is 110 Å². The van der Waals surface area contributed by atoms with E-state index >= 15 is 0 Å². The fraction of sp³-hybridized carbons (Fsp3) is 0.508. The second-order valence-corrected chi connectivity index (χ2v) is 24.4. The topological polar surface area (TPSA) is 175 Å². The molecule has 2 aliphatic heterocycles. The smallest absolute Gasteiger partial charge is 0.407 e. The summed E-state index contributed by atoms with van der Waals surface area (Å²) in [6.07, 6.45) is 16.8. The number of rotatable bonds is 14. The Morgan fingerprint density at radius 3 is 1.66 bits per heavy atom. The number of nitrogens with zero attached hydrogens (tertiary/aromatic N) is 4. The number of hydrogen-bond donors (Lipinski definition) is 4. The van der Waals surface area contributed by atoms with Crippen LogP contribution in [-0.2, 0) is 38.3 Å². The molecule has 4 fully saturated rings.